The van der Waals surface area contributed by atoms with Crippen molar-refractivity contribution in [2.45, 2.75) is 37.3 Å². The Morgan fingerprint density at radius 2 is 1.61 bits per heavy atom. The van der Waals surface area contributed by atoms with Crippen molar-refractivity contribution in [2.24, 2.45) is 0 Å². The van der Waals surface area contributed by atoms with Gasteiger partial charge in [-0.25, -0.2) is 14.8 Å². The highest BCUT2D eigenvalue weighted by molar-refractivity contribution is 5.79. The fourth-order valence-corrected chi connectivity index (χ4v) is 5.41. The molecule has 0 spiro atoms. The van der Waals surface area contributed by atoms with Crippen LogP contribution < -0.4 is 0 Å². The van der Waals surface area contributed by atoms with Crippen LogP contribution in [0.5, 0.6) is 0 Å². The molecule has 3 heterocycles. The highest BCUT2D eigenvalue weighted by Crippen LogP contribution is 2.45. The standard InChI is InChI=1S/C26H23N3O2/c30-26(29-18-10-11-19(29)15-17(14-18)25-27-12-5-13-28-25)31-16-24-22-8-3-1-6-20(22)21-7-2-4-9-23(21)24/h1-9,12-14,18-19,24H,10-11,15-16H2. The summed E-state index contributed by atoms with van der Waals surface area (Å²) in [6.45, 7) is 0.362. The molecule has 5 nitrogen and oxygen atoms in total. The van der Waals surface area contributed by atoms with E-state index in [0.29, 0.717) is 6.61 Å². The van der Waals surface area contributed by atoms with E-state index in [9.17, 15) is 4.79 Å². The van der Waals surface area contributed by atoms with Crippen molar-refractivity contribution in [3.63, 3.8) is 0 Å². The van der Waals surface area contributed by atoms with E-state index in [2.05, 4.69) is 64.6 Å². The minimum Gasteiger partial charge on any atom is -0.448 e. The predicted molar refractivity (Wildman–Crippen MR) is 118 cm³/mol. The average molecular weight is 409 g/mol. The minimum absolute atomic E-state index is 0.0632. The first kappa shape index (κ1) is 18.3. The summed E-state index contributed by atoms with van der Waals surface area (Å²) in [5, 5.41) is 0. The molecule has 1 aliphatic carbocycles. The second kappa shape index (κ2) is 7.34. The maximum Gasteiger partial charge on any atom is 0.410 e. The molecule has 6 rings (SSSR count). The number of fused-ring (bicyclic) bond motifs is 5. The van der Waals surface area contributed by atoms with Crippen LogP contribution in [0.4, 0.5) is 4.79 Å². The van der Waals surface area contributed by atoms with Crippen LogP contribution in [-0.2, 0) is 4.74 Å². The number of hydrogen-bond donors (Lipinski definition) is 0. The summed E-state index contributed by atoms with van der Waals surface area (Å²) in [6, 6.07) is 18.9. The Bertz CT molecular complexity index is 1130. The first-order chi connectivity index (χ1) is 15.3. The van der Waals surface area contributed by atoms with E-state index in [-0.39, 0.29) is 24.1 Å². The third-order valence-corrected chi connectivity index (χ3v) is 6.80. The molecule has 0 N–H and O–H groups in total. The van der Waals surface area contributed by atoms with Crippen LogP contribution in [0.25, 0.3) is 16.7 Å². The van der Waals surface area contributed by atoms with Gasteiger partial charge in [0, 0.05) is 24.4 Å². The van der Waals surface area contributed by atoms with Gasteiger partial charge in [-0.05, 0) is 53.2 Å². The Hall–Kier alpha value is -3.47. The second-order valence-corrected chi connectivity index (χ2v) is 8.48. The fourth-order valence-electron chi connectivity index (χ4n) is 5.41. The van der Waals surface area contributed by atoms with Gasteiger partial charge >= 0.3 is 6.09 Å². The molecule has 1 fully saturated rings. The lowest BCUT2D eigenvalue weighted by Gasteiger charge is -2.33. The van der Waals surface area contributed by atoms with Gasteiger partial charge in [-0.15, -0.1) is 0 Å². The Balaban J connectivity index is 1.21. The molecule has 2 aromatic carbocycles. The number of ether oxygens (including phenoxy) is 1. The van der Waals surface area contributed by atoms with Gasteiger partial charge in [0.15, 0.2) is 5.82 Å². The van der Waals surface area contributed by atoms with Crippen LogP contribution in [-0.4, -0.2) is 39.7 Å². The molecule has 154 valence electrons. The zero-order valence-electron chi connectivity index (χ0n) is 17.1. The highest BCUT2D eigenvalue weighted by Gasteiger charge is 2.41. The van der Waals surface area contributed by atoms with Crippen LogP contribution in [0.15, 0.2) is 73.1 Å². The van der Waals surface area contributed by atoms with Crippen molar-refractivity contribution in [2.75, 3.05) is 6.61 Å². The quantitative estimate of drug-likeness (QED) is 0.608. The van der Waals surface area contributed by atoms with Crippen molar-refractivity contribution >= 4 is 11.7 Å². The SMILES string of the molecule is O=C(OCC1c2ccccc2-c2ccccc21)N1C2C=C(c3ncccn3)CC1CC2. The first-order valence-corrected chi connectivity index (χ1v) is 10.9. The van der Waals surface area contributed by atoms with Gasteiger partial charge in [-0.2, -0.15) is 0 Å². The van der Waals surface area contributed by atoms with Crippen molar-refractivity contribution < 1.29 is 9.53 Å². The number of benzene rings is 2. The molecule has 2 aliphatic heterocycles. The molecular weight excluding hydrogens is 386 g/mol. The lowest BCUT2D eigenvalue weighted by atomic mass is 9.98. The minimum atomic E-state index is -0.210. The summed E-state index contributed by atoms with van der Waals surface area (Å²) in [6.07, 6.45) is 8.21. The maximum atomic E-state index is 13.1. The molecule has 2 atom stereocenters. The second-order valence-electron chi connectivity index (χ2n) is 8.48. The summed E-state index contributed by atoms with van der Waals surface area (Å²) in [4.78, 5) is 23.8. The molecule has 1 saturated heterocycles. The third kappa shape index (κ3) is 3.03. The van der Waals surface area contributed by atoms with Crippen LogP contribution in [0.1, 0.15) is 42.1 Å². The van der Waals surface area contributed by atoms with Crippen molar-refractivity contribution in [3.05, 3.63) is 90.0 Å². The van der Waals surface area contributed by atoms with Gasteiger partial charge in [0.2, 0.25) is 0 Å². The number of aromatic nitrogens is 2. The molecule has 1 amide bonds. The molecule has 3 aliphatic rings. The van der Waals surface area contributed by atoms with Crippen LogP contribution in [0, 0.1) is 0 Å². The van der Waals surface area contributed by atoms with Crippen molar-refractivity contribution in [3.8, 4) is 11.1 Å². The molecule has 0 saturated carbocycles. The van der Waals surface area contributed by atoms with Gasteiger partial charge < -0.3 is 4.74 Å². The highest BCUT2D eigenvalue weighted by atomic mass is 16.6. The van der Waals surface area contributed by atoms with Gasteiger partial charge in [-0.1, -0.05) is 54.6 Å². The van der Waals surface area contributed by atoms with E-state index < -0.39 is 0 Å². The lowest BCUT2D eigenvalue weighted by molar-refractivity contribution is 0.0866. The summed E-state index contributed by atoms with van der Waals surface area (Å²) < 4.78 is 5.93. The van der Waals surface area contributed by atoms with Crippen LogP contribution in [0.3, 0.4) is 0 Å². The molecule has 0 radical (unpaired) electrons. The first-order valence-electron chi connectivity index (χ1n) is 10.9. The Morgan fingerprint density at radius 1 is 0.935 bits per heavy atom. The smallest absolute Gasteiger partial charge is 0.410 e. The van der Waals surface area contributed by atoms with Gasteiger partial charge in [-0.3, -0.25) is 4.90 Å². The summed E-state index contributed by atoms with van der Waals surface area (Å²) in [7, 11) is 0. The van der Waals surface area contributed by atoms with Gasteiger partial charge in [0.05, 0.1) is 6.04 Å². The predicted octanol–water partition coefficient (Wildman–Crippen LogP) is 5.05. The Morgan fingerprint density at radius 3 is 2.29 bits per heavy atom. The van der Waals surface area contributed by atoms with E-state index in [1.807, 2.05) is 11.0 Å². The summed E-state index contributed by atoms with van der Waals surface area (Å²) in [5.74, 6) is 0.856. The van der Waals surface area contributed by atoms with E-state index in [4.69, 9.17) is 4.74 Å². The summed E-state index contributed by atoms with van der Waals surface area (Å²) >= 11 is 0. The number of rotatable bonds is 3. The van der Waals surface area contributed by atoms with Crippen molar-refractivity contribution in [1.29, 1.82) is 0 Å². The Kier molecular flexibility index (Phi) is 4.34. The molecule has 5 heteroatoms. The van der Waals surface area contributed by atoms with E-state index in [1.165, 1.54) is 22.3 Å². The fraction of sp³-hybridized carbons (Fsp3) is 0.269. The van der Waals surface area contributed by atoms with Crippen LogP contribution >= 0.6 is 0 Å². The molecule has 2 bridgehead atoms. The normalized spacial score (nSPS) is 21.4. The van der Waals surface area contributed by atoms with E-state index >= 15 is 0 Å². The number of hydrogen-bond acceptors (Lipinski definition) is 4. The number of amides is 1. The number of carbonyl (C=O) groups excluding carboxylic acids is 1. The lowest BCUT2D eigenvalue weighted by Crippen LogP contribution is -2.43. The van der Waals surface area contributed by atoms with Gasteiger partial charge in [0.25, 0.3) is 0 Å². The van der Waals surface area contributed by atoms with E-state index in [0.717, 1.165) is 30.7 Å². The van der Waals surface area contributed by atoms with Gasteiger partial charge in [0.1, 0.15) is 6.61 Å². The number of nitrogens with zero attached hydrogens (tertiary/aromatic N) is 3. The number of carbonyl (C=O) groups is 1. The summed E-state index contributed by atoms with van der Waals surface area (Å²) in [5.41, 5.74) is 6.10. The van der Waals surface area contributed by atoms with E-state index in [1.54, 1.807) is 12.4 Å². The molecule has 2 unspecified atom stereocenters. The topological polar surface area (TPSA) is 55.3 Å². The third-order valence-electron chi connectivity index (χ3n) is 6.80. The largest absolute Gasteiger partial charge is 0.448 e. The molecule has 1 aromatic heterocycles. The molecular formula is C26H23N3O2. The monoisotopic (exact) mass is 409 g/mol. The maximum absolute atomic E-state index is 13.1. The van der Waals surface area contributed by atoms with Crippen LogP contribution in [0.2, 0.25) is 0 Å². The molecule has 31 heavy (non-hydrogen) atoms. The Labute approximate surface area is 181 Å². The van der Waals surface area contributed by atoms with Crippen molar-refractivity contribution in [1.82, 2.24) is 14.9 Å². The molecule has 3 aromatic rings. The average Bonchev–Trinajstić information content (AvgIpc) is 3.29. The zero-order chi connectivity index (χ0) is 20.8. The zero-order valence-corrected chi connectivity index (χ0v) is 17.1.